The molecule has 6 heteroatoms. The van der Waals surface area contributed by atoms with Gasteiger partial charge in [-0.2, -0.15) is 0 Å². The summed E-state index contributed by atoms with van der Waals surface area (Å²) in [6.07, 6.45) is 2.87. The molecule has 20 heavy (non-hydrogen) atoms. The van der Waals surface area contributed by atoms with Crippen molar-refractivity contribution in [2.45, 2.75) is 0 Å². The summed E-state index contributed by atoms with van der Waals surface area (Å²) in [7, 11) is 0. The molecule has 3 N–H and O–H groups in total. The molecule has 102 valence electrons. The normalized spacial score (nSPS) is 11.2. The van der Waals surface area contributed by atoms with E-state index in [9.17, 15) is 9.59 Å². The van der Waals surface area contributed by atoms with Crippen LogP contribution in [0.15, 0.2) is 57.2 Å². The van der Waals surface area contributed by atoms with Gasteiger partial charge in [0.1, 0.15) is 5.70 Å². The third-order valence-corrected chi connectivity index (χ3v) is 2.97. The molecule has 2 rings (SSSR count). The van der Waals surface area contributed by atoms with E-state index in [1.807, 2.05) is 12.1 Å². The Morgan fingerprint density at radius 2 is 1.90 bits per heavy atom. The van der Waals surface area contributed by atoms with E-state index >= 15 is 0 Å². The quantitative estimate of drug-likeness (QED) is 0.841. The number of furan rings is 1. The van der Waals surface area contributed by atoms with Gasteiger partial charge in [-0.15, -0.1) is 0 Å². The highest BCUT2D eigenvalue weighted by Crippen LogP contribution is 2.13. The topological polar surface area (TPSA) is 85.3 Å². The van der Waals surface area contributed by atoms with Gasteiger partial charge in [0.15, 0.2) is 5.76 Å². The average Bonchev–Trinajstić information content (AvgIpc) is 2.94. The molecule has 0 spiro atoms. The Morgan fingerprint density at radius 3 is 2.45 bits per heavy atom. The first kappa shape index (κ1) is 14.1. The van der Waals surface area contributed by atoms with E-state index in [1.54, 1.807) is 18.2 Å². The maximum absolute atomic E-state index is 11.8. The molecule has 2 aromatic rings. The standard InChI is InChI=1S/C14H11BrN2O3/c15-10-5-3-9(4-6-10)8-11(13(16)18)17-14(19)12-2-1-7-20-12/h1-8H,(H2,16,18)(H,17,19). The number of rotatable bonds is 4. The fourth-order valence-corrected chi connectivity index (χ4v) is 1.75. The first-order chi connectivity index (χ1) is 9.56. The van der Waals surface area contributed by atoms with Gasteiger partial charge in [0.25, 0.3) is 11.8 Å². The summed E-state index contributed by atoms with van der Waals surface area (Å²) in [6, 6.07) is 10.3. The maximum atomic E-state index is 11.8. The zero-order valence-electron chi connectivity index (χ0n) is 10.3. The van der Waals surface area contributed by atoms with Crippen molar-refractivity contribution in [1.29, 1.82) is 0 Å². The predicted octanol–water partition coefficient (Wildman–Crippen LogP) is 2.30. The zero-order chi connectivity index (χ0) is 14.5. The average molecular weight is 335 g/mol. The highest BCUT2D eigenvalue weighted by atomic mass is 79.9. The molecule has 0 aliphatic rings. The molecule has 5 nitrogen and oxygen atoms in total. The van der Waals surface area contributed by atoms with Crippen LogP contribution in [0.25, 0.3) is 6.08 Å². The number of hydrogen-bond donors (Lipinski definition) is 2. The summed E-state index contributed by atoms with van der Waals surface area (Å²) < 4.78 is 5.86. The molecule has 0 atom stereocenters. The molecule has 2 amide bonds. The number of benzene rings is 1. The van der Waals surface area contributed by atoms with Crippen LogP contribution in [0.4, 0.5) is 0 Å². The fraction of sp³-hybridized carbons (Fsp3) is 0. The van der Waals surface area contributed by atoms with E-state index in [-0.39, 0.29) is 11.5 Å². The van der Waals surface area contributed by atoms with Crippen LogP contribution in [-0.4, -0.2) is 11.8 Å². The zero-order valence-corrected chi connectivity index (χ0v) is 11.9. The number of halogens is 1. The van der Waals surface area contributed by atoms with Crippen molar-refractivity contribution in [1.82, 2.24) is 5.32 Å². The molecule has 0 saturated heterocycles. The second-order valence-corrected chi connectivity index (χ2v) is 4.82. The highest BCUT2D eigenvalue weighted by molar-refractivity contribution is 9.10. The second kappa shape index (κ2) is 6.21. The molecule has 0 bridgehead atoms. The lowest BCUT2D eigenvalue weighted by Gasteiger charge is -2.05. The Morgan fingerprint density at radius 1 is 1.20 bits per heavy atom. The Bertz CT molecular complexity index is 646. The van der Waals surface area contributed by atoms with Gasteiger partial charge in [-0.1, -0.05) is 28.1 Å². The molecule has 0 aliphatic carbocycles. The van der Waals surface area contributed by atoms with Crippen molar-refractivity contribution in [3.05, 3.63) is 64.2 Å². The number of primary amides is 1. The van der Waals surface area contributed by atoms with Crippen LogP contribution in [0.2, 0.25) is 0 Å². The molecule has 0 unspecified atom stereocenters. The molecule has 0 aliphatic heterocycles. The van der Waals surface area contributed by atoms with E-state index < -0.39 is 11.8 Å². The molecule has 1 aromatic carbocycles. The minimum absolute atomic E-state index is 0.00581. The largest absolute Gasteiger partial charge is 0.459 e. The van der Waals surface area contributed by atoms with E-state index in [2.05, 4.69) is 21.2 Å². The second-order valence-electron chi connectivity index (χ2n) is 3.91. The van der Waals surface area contributed by atoms with Crippen LogP contribution < -0.4 is 11.1 Å². The van der Waals surface area contributed by atoms with Crippen molar-refractivity contribution < 1.29 is 14.0 Å². The molecule has 1 heterocycles. The van der Waals surface area contributed by atoms with Gasteiger partial charge in [0, 0.05) is 4.47 Å². The molecule has 0 radical (unpaired) electrons. The third kappa shape index (κ3) is 3.58. The van der Waals surface area contributed by atoms with Gasteiger partial charge in [0.05, 0.1) is 6.26 Å². The third-order valence-electron chi connectivity index (χ3n) is 2.44. The lowest BCUT2D eigenvalue weighted by Crippen LogP contribution is -2.30. The van der Waals surface area contributed by atoms with Crippen molar-refractivity contribution >= 4 is 33.8 Å². The smallest absolute Gasteiger partial charge is 0.291 e. The number of hydrogen-bond acceptors (Lipinski definition) is 3. The van der Waals surface area contributed by atoms with Crippen molar-refractivity contribution in [2.24, 2.45) is 5.73 Å². The number of amides is 2. The number of carbonyl (C=O) groups excluding carboxylic acids is 2. The van der Waals surface area contributed by atoms with E-state index in [1.165, 1.54) is 18.4 Å². The van der Waals surface area contributed by atoms with E-state index in [0.717, 1.165) is 10.0 Å². The summed E-state index contributed by atoms with van der Waals surface area (Å²) in [6.45, 7) is 0. The van der Waals surface area contributed by atoms with Crippen molar-refractivity contribution in [2.75, 3.05) is 0 Å². The van der Waals surface area contributed by atoms with E-state index in [0.29, 0.717) is 0 Å². The fourth-order valence-electron chi connectivity index (χ4n) is 1.49. The van der Waals surface area contributed by atoms with Gasteiger partial charge in [0.2, 0.25) is 0 Å². The molecule has 0 saturated carbocycles. The predicted molar refractivity (Wildman–Crippen MR) is 77.5 cm³/mol. The molecular weight excluding hydrogens is 324 g/mol. The Labute approximate surface area is 123 Å². The SMILES string of the molecule is NC(=O)C(=Cc1ccc(Br)cc1)NC(=O)c1ccco1. The van der Waals surface area contributed by atoms with Gasteiger partial charge in [-0.25, -0.2) is 0 Å². The summed E-state index contributed by atoms with van der Waals surface area (Å²) in [5.41, 5.74) is 5.99. The first-order valence-corrected chi connectivity index (χ1v) is 6.47. The summed E-state index contributed by atoms with van der Waals surface area (Å²) in [5, 5.41) is 2.42. The monoisotopic (exact) mass is 334 g/mol. The van der Waals surface area contributed by atoms with Gasteiger partial charge in [-0.3, -0.25) is 9.59 Å². The van der Waals surface area contributed by atoms with Crippen LogP contribution in [0.1, 0.15) is 16.1 Å². The van der Waals surface area contributed by atoms with Crippen LogP contribution in [0.3, 0.4) is 0 Å². The summed E-state index contributed by atoms with van der Waals surface area (Å²) in [5.74, 6) is -1.15. The van der Waals surface area contributed by atoms with Crippen LogP contribution in [0, 0.1) is 0 Å². The molecule has 1 aromatic heterocycles. The van der Waals surface area contributed by atoms with Crippen molar-refractivity contribution in [3.63, 3.8) is 0 Å². The molecule has 0 fully saturated rings. The lowest BCUT2D eigenvalue weighted by atomic mass is 10.2. The van der Waals surface area contributed by atoms with Crippen LogP contribution in [0.5, 0.6) is 0 Å². The summed E-state index contributed by atoms with van der Waals surface area (Å²) in [4.78, 5) is 23.2. The maximum Gasteiger partial charge on any atom is 0.291 e. The van der Waals surface area contributed by atoms with Gasteiger partial charge in [-0.05, 0) is 35.9 Å². The van der Waals surface area contributed by atoms with Crippen LogP contribution >= 0.6 is 15.9 Å². The van der Waals surface area contributed by atoms with Gasteiger partial charge < -0.3 is 15.5 Å². The Kier molecular flexibility index (Phi) is 4.37. The highest BCUT2D eigenvalue weighted by Gasteiger charge is 2.13. The molecular formula is C14H11BrN2O3. The number of carbonyl (C=O) groups is 2. The van der Waals surface area contributed by atoms with Gasteiger partial charge >= 0.3 is 0 Å². The Hall–Kier alpha value is -2.34. The number of nitrogens with one attached hydrogen (secondary N) is 1. The first-order valence-electron chi connectivity index (χ1n) is 5.68. The Balaban J connectivity index is 2.21. The number of nitrogens with two attached hydrogens (primary N) is 1. The van der Waals surface area contributed by atoms with Crippen molar-refractivity contribution in [3.8, 4) is 0 Å². The lowest BCUT2D eigenvalue weighted by molar-refractivity contribution is -0.114. The van der Waals surface area contributed by atoms with Crippen LogP contribution in [-0.2, 0) is 4.79 Å². The minimum Gasteiger partial charge on any atom is -0.459 e. The van der Waals surface area contributed by atoms with E-state index in [4.69, 9.17) is 10.2 Å². The summed E-state index contributed by atoms with van der Waals surface area (Å²) >= 11 is 3.31. The minimum atomic E-state index is -0.729.